The Morgan fingerprint density at radius 1 is 0.667 bits per heavy atom. The molecule has 0 bridgehead atoms. The molecule has 2 atom stereocenters. The molecule has 1 fully saturated rings. The first-order chi connectivity index (χ1) is 15.5. The summed E-state index contributed by atoms with van der Waals surface area (Å²) < 4.78 is 24.2. The van der Waals surface area contributed by atoms with E-state index in [9.17, 15) is 0 Å². The summed E-state index contributed by atoms with van der Waals surface area (Å²) >= 11 is 0. The molecule has 174 valence electrons. The summed E-state index contributed by atoms with van der Waals surface area (Å²) in [7, 11) is 0. The number of nitrogens with zero attached hydrogens (tertiary/aromatic N) is 4. The maximum absolute atomic E-state index is 6.29. The van der Waals surface area contributed by atoms with Crippen molar-refractivity contribution in [2.24, 2.45) is 9.98 Å². The van der Waals surface area contributed by atoms with Crippen LogP contribution in [0.2, 0.25) is 0 Å². The average molecular weight is 451 g/mol. The number of rotatable bonds is 4. The molecule has 3 aliphatic rings. The van der Waals surface area contributed by atoms with E-state index in [1.807, 2.05) is 77.9 Å². The van der Waals surface area contributed by atoms with Crippen molar-refractivity contribution >= 4 is 11.8 Å². The molecule has 2 aromatic heterocycles. The van der Waals surface area contributed by atoms with E-state index in [-0.39, 0.29) is 11.1 Å². The lowest BCUT2D eigenvalue weighted by Gasteiger charge is -2.17. The molecule has 3 aliphatic heterocycles. The Morgan fingerprint density at radius 2 is 1.09 bits per heavy atom. The van der Waals surface area contributed by atoms with E-state index in [1.54, 1.807) is 0 Å². The van der Waals surface area contributed by atoms with E-state index in [1.165, 1.54) is 0 Å². The molecule has 0 spiro atoms. The van der Waals surface area contributed by atoms with Gasteiger partial charge in [0.05, 0.1) is 22.5 Å². The lowest BCUT2D eigenvalue weighted by atomic mass is 10.1. The summed E-state index contributed by atoms with van der Waals surface area (Å²) in [5.74, 6) is 0.309. The predicted molar refractivity (Wildman–Crippen MR) is 123 cm³/mol. The normalized spacial score (nSPS) is 27.0. The molecule has 1 saturated heterocycles. The van der Waals surface area contributed by atoms with Gasteiger partial charge in [-0.15, -0.1) is 0 Å². The van der Waals surface area contributed by atoms with Crippen LogP contribution in [0.3, 0.4) is 0 Å². The Morgan fingerprint density at radius 3 is 1.45 bits per heavy atom. The summed E-state index contributed by atoms with van der Waals surface area (Å²) in [5.41, 5.74) is 2.33. The van der Waals surface area contributed by atoms with E-state index < -0.39 is 18.0 Å². The maximum Gasteiger partial charge on any atom is 0.236 e. The van der Waals surface area contributed by atoms with Crippen molar-refractivity contribution in [2.45, 2.75) is 70.6 Å². The first-order valence-electron chi connectivity index (χ1n) is 11.3. The van der Waals surface area contributed by atoms with Crippen LogP contribution in [0.4, 0.5) is 0 Å². The third kappa shape index (κ3) is 4.50. The third-order valence-electron chi connectivity index (χ3n) is 5.59. The monoisotopic (exact) mass is 450 g/mol. The van der Waals surface area contributed by atoms with Crippen molar-refractivity contribution < 1.29 is 18.9 Å². The van der Waals surface area contributed by atoms with Crippen LogP contribution in [0.15, 0.2) is 46.4 Å². The van der Waals surface area contributed by atoms with Crippen LogP contribution >= 0.6 is 0 Å². The number of aliphatic imine (C=N–C) groups is 2. The van der Waals surface area contributed by atoms with E-state index in [0.717, 1.165) is 11.4 Å². The minimum Gasteiger partial charge on any atom is -0.474 e. The van der Waals surface area contributed by atoms with Gasteiger partial charge in [-0.1, -0.05) is 12.1 Å². The number of aromatic nitrogens is 2. The number of hydrogen-bond acceptors (Lipinski definition) is 8. The average Bonchev–Trinajstić information content (AvgIpc) is 3.42. The molecule has 5 rings (SSSR count). The molecule has 5 heterocycles. The van der Waals surface area contributed by atoms with Gasteiger partial charge in [0.1, 0.15) is 36.8 Å². The fourth-order valence-electron chi connectivity index (χ4n) is 4.08. The standard InChI is InChI=1S/C25H30N4O4/c1-23(2)13-30-21(28-23)17-11-7-9-15(26-17)19-20(33-25(5,6)32-19)16-10-8-12-18(27-16)22-29-24(3,4)14-31-22/h7-12,19-20H,13-14H2,1-6H3/t19-,20-/m0/s1. The molecule has 8 heteroatoms. The highest BCUT2D eigenvalue weighted by Crippen LogP contribution is 2.46. The highest BCUT2D eigenvalue weighted by atomic mass is 16.8. The van der Waals surface area contributed by atoms with Gasteiger partial charge >= 0.3 is 0 Å². The van der Waals surface area contributed by atoms with Crippen LogP contribution in [0.1, 0.15) is 76.5 Å². The molecule has 0 saturated carbocycles. The lowest BCUT2D eigenvalue weighted by molar-refractivity contribution is -0.148. The minimum absolute atomic E-state index is 0.255. The van der Waals surface area contributed by atoms with Crippen LogP contribution < -0.4 is 0 Å². The van der Waals surface area contributed by atoms with Crippen LogP contribution in [0, 0.1) is 0 Å². The van der Waals surface area contributed by atoms with Crippen molar-refractivity contribution in [1.29, 1.82) is 0 Å². The second kappa shape index (κ2) is 7.60. The Labute approximate surface area is 194 Å². The Kier molecular flexibility index (Phi) is 5.06. The summed E-state index contributed by atoms with van der Waals surface area (Å²) in [6, 6.07) is 11.5. The van der Waals surface area contributed by atoms with E-state index in [2.05, 4.69) is 9.98 Å². The van der Waals surface area contributed by atoms with Crippen molar-refractivity contribution in [1.82, 2.24) is 9.97 Å². The molecular weight excluding hydrogens is 420 g/mol. The summed E-state index contributed by atoms with van der Waals surface area (Å²) in [4.78, 5) is 19.0. The molecule has 0 aliphatic carbocycles. The minimum atomic E-state index is -0.794. The van der Waals surface area contributed by atoms with Crippen molar-refractivity contribution in [2.75, 3.05) is 13.2 Å². The Bertz CT molecular complexity index is 1050. The molecule has 8 nitrogen and oxygen atoms in total. The summed E-state index contributed by atoms with van der Waals surface area (Å²) in [6.07, 6.45) is -0.888. The molecule has 2 aromatic rings. The molecular formula is C25H30N4O4. The van der Waals surface area contributed by atoms with Crippen LogP contribution in [0.5, 0.6) is 0 Å². The second-order valence-corrected chi connectivity index (χ2v) is 10.4. The zero-order valence-corrected chi connectivity index (χ0v) is 20.0. The lowest BCUT2D eigenvalue weighted by Crippen LogP contribution is -2.20. The van der Waals surface area contributed by atoms with Gasteiger partial charge in [0.25, 0.3) is 0 Å². The van der Waals surface area contributed by atoms with Gasteiger partial charge in [-0.3, -0.25) is 0 Å². The first kappa shape index (κ1) is 22.0. The SMILES string of the molecule is CC1(C)COC(c2cccc([C@@H]3OC(C)(C)O[C@H]3c3cccc(C4=NC(C)(C)CO4)n3)n2)=N1. The van der Waals surface area contributed by atoms with Crippen LogP contribution in [0.25, 0.3) is 0 Å². The largest absolute Gasteiger partial charge is 0.474 e. The van der Waals surface area contributed by atoms with Gasteiger partial charge in [-0.2, -0.15) is 0 Å². The zero-order valence-electron chi connectivity index (χ0n) is 20.0. The molecule has 33 heavy (non-hydrogen) atoms. The topological polar surface area (TPSA) is 87.4 Å². The van der Waals surface area contributed by atoms with Crippen LogP contribution in [-0.2, 0) is 18.9 Å². The number of hydrogen-bond donors (Lipinski definition) is 0. The Hall–Kier alpha value is -2.84. The smallest absolute Gasteiger partial charge is 0.236 e. The van der Waals surface area contributed by atoms with Crippen molar-refractivity contribution in [3.63, 3.8) is 0 Å². The van der Waals surface area contributed by atoms with Gasteiger partial charge in [0.15, 0.2) is 5.79 Å². The number of pyridine rings is 2. The zero-order chi connectivity index (χ0) is 23.4. The van der Waals surface area contributed by atoms with Gasteiger partial charge < -0.3 is 18.9 Å². The molecule has 0 aromatic carbocycles. The van der Waals surface area contributed by atoms with Gasteiger partial charge in [0.2, 0.25) is 11.8 Å². The van der Waals surface area contributed by atoms with Crippen LogP contribution in [-0.4, -0.2) is 51.8 Å². The second-order valence-electron chi connectivity index (χ2n) is 10.4. The van der Waals surface area contributed by atoms with Gasteiger partial charge in [-0.25, -0.2) is 20.0 Å². The predicted octanol–water partition coefficient (Wildman–Crippen LogP) is 4.15. The van der Waals surface area contributed by atoms with Crippen molar-refractivity contribution in [3.05, 3.63) is 59.2 Å². The molecule has 0 amide bonds. The van der Waals surface area contributed by atoms with Gasteiger partial charge in [-0.05, 0) is 65.8 Å². The first-order valence-corrected chi connectivity index (χ1v) is 11.3. The fraction of sp³-hybridized carbons (Fsp3) is 0.520. The quantitative estimate of drug-likeness (QED) is 0.695. The summed E-state index contributed by atoms with van der Waals surface area (Å²) in [5, 5.41) is 0. The fourth-order valence-corrected chi connectivity index (χ4v) is 4.08. The molecule has 0 unspecified atom stereocenters. The van der Waals surface area contributed by atoms with E-state index in [0.29, 0.717) is 36.4 Å². The molecule has 0 N–H and O–H groups in total. The number of ether oxygens (including phenoxy) is 4. The highest BCUT2D eigenvalue weighted by molar-refractivity contribution is 5.94. The molecule has 0 radical (unpaired) electrons. The van der Waals surface area contributed by atoms with E-state index in [4.69, 9.17) is 28.9 Å². The van der Waals surface area contributed by atoms with E-state index >= 15 is 0 Å². The van der Waals surface area contributed by atoms with Gasteiger partial charge in [0, 0.05) is 0 Å². The maximum atomic E-state index is 6.29. The third-order valence-corrected chi connectivity index (χ3v) is 5.59. The highest BCUT2D eigenvalue weighted by Gasteiger charge is 2.45. The van der Waals surface area contributed by atoms with Crippen molar-refractivity contribution in [3.8, 4) is 0 Å². The summed E-state index contributed by atoms with van der Waals surface area (Å²) in [6.45, 7) is 13.0. The Balaban J connectivity index is 1.48.